The van der Waals surface area contributed by atoms with Crippen molar-refractivity contribution < 1.29 is 22.8 Å². The molecular weight excluding hydrogens is 373 g/mol. The topological polar surface area (TPSA) is 104 Å². The highest BCUT2D eigenvalue weighted by Gasteiger charge is 2.26. The molecule has 0 aliphatic carbocycles. The number of nitro groups is 1. The van der Waals surface area contributed by atoms with Gasteiger partial charge in [0.1, 0.15) is 17.1 Å². The summed E-state index contributed by atoms with van der Waals surface area (Å²) in [5, 5.41) is 10.1. The Hall–Kier alpha value is -3.08. The summed E-state index contributed by atoms with van der Waals surface area (Å²) < 4.78 is 48.4. The molecule has 0 atom stereocenters. The first-order valence-electron chi connectivity index (χ1n) is 6.93. The molecule has 26 heavy (non-hydrogen) atoms. The van der Waals surface area contributed by atoms with Gasteiger partial charge in [-0.3, -0.25) is 10.1 Å². The largest absolute Gasteiger partial charge is 0.451 e. The molecule has 0 aliphatic heterocycles. The van der Waals surface area contributed by atoms with Crippen LogP contribution < -0.4 is 10.5 Å². The quantitative estimate of drug-likeness (QED) is 0.239. The number of nitro benzene ring substituents is 1. The third-order valence-corrected chi connectivity index (χ3v) is 3.93. The van der Waals surface area contributed by atoms with Gasteiger partial charge in [-0.25, -0.2) is 18.7 Å². The number of nitrogen functional groups attached to an aromatic ring is 1. The van der Waals surface area contributed by atoms with Crippen LogP contribution >= 0.6 is 11.8 Å². The number of fused-ring (bicyclic) bond motifs is 1. The molecule has 0 saturated carbocycles. The van der Waals surface area contributed by atoms with Crippen LogP contribution in [-0.4, -0.2) is 21.1 Å². The number of thioether (sulfide) groups is 1. The van der Waals surface area contributed by atoms with Gasteiger partial charge >= 0.3 is 0 Å². The Bertz CT molecular complexity index is 1030. The first-order chi connectivity index (χ1) is 12.3. The summed E-state index contributed by atoms with van der Waals surface area (Å²) in [4.78, 5) is 17.6. The fourth-order valence-corrected chi connectivity index (χ4v) is 2.55. The molecule has 0 bridgehead atoms. The second-order valence-corrected chi connectivity index (χ2v) is 5.72. The van der Waals surface area contributed by atoms with E-state index in [2.05, 4.69) is 9.97 Å². The maximum atomic E-state index is 14.7. The van der Waals surface area contributed by atoms with E-state index in [0.717, 1.165) is 36.0 Å². The number of anilines is 1. The molecule has 0 amide bonds. The van der Waals surface area contributed by atoms with Crippen molar-refractivity contribution in [1.82, 2.24) is 9.97 Å². The monoisotopic (exact) mass is 382 g/mol. The Labute approximate surface area is 148 Å². The number of rotatable bonds is 4. The van der Waals surface area contributed by atoms with Crippen molar-refractivity contribution in [2.24, 2.45) is 0 Å². The average molecular weight is 382 g/mol. The fourth-order valence-electron chi connectivity index (χ4n) is 2.18. The summed E-state index contributed by atoms with van der Waals surface area (Å²) in [6, 6.07) is 4.41. The lowest BCUT2D eigenvalue weighted by Crippen LogP contribution is -2.05. The van der Waals surface area contributed by atoms with E-state index in [1.54, 1.807) is 6.26 Å². The average Bonchev–Trinajstić information content (AvgIpc) is 2.63. The number of benzene rings is 2. The first-order valence-corrected chi connectivity index (χ1v) is 8.16. The van der Waals surface area contributed by atoms with Gasteiger partial charge in [0.25, 0.3) is 5.69 Å². The summed E-state index contributed by atoms with van der Waals surface area (Å²) in [5.41, 5.74) is 4.80. The van der Waals surface area contributed by atoms with Crippen LogP contribution in [0.4, 0.5) is 24.7 Å². The molecule has 2 aromatic carbocycles. The first kappa shape index (κ1) is 17.7. The van der Waals surface area contributed by atoms with Crippen LogP contribution in [0, 0.1) is 27.6 Å². The Morgan fingerprint density at radius 3 is 2.35 bits per heavy atom. The summed E-state index contributed by atoms with van der Waals surface area (Å²) in [5.74, 6) is -5.89. The smallest absolute Gasteiger partial charge is 0.269 e. The zero-order valence-electron chi connectivity index (χ0n) is 13.0. The molecule has 2 N–H and O–H groups in total. The number of nitrogens with zero attached hydrogens (tertiary/aromatic N) is 3. The van der Waals surface area contributed by atoms with Crippen LogP contribution in [0.5, 0.6) is 11.5 Å². The van der Waals surface area contributed by atoms with Crippen molar-refractivity contribution in [2.45, 2.75) is 5.16 Å². The molecule has 7 nitrogen and oxygen atoms in total. The van der Waals surface area contributed by atoms with Gasteiger partial charge in [0, 0.05) is 12.1 Å². The Morgan fingerprint density at radius 1 is 1.12 bits per heavy atom. The second kappa shape index (κ2) is 6.67. The van der Waals surface area contributed by atoms with Crippen molar-refractivity contribution in [3.05, 3.63) is 51.8 Å². The number of halogens is 3. The van der Waals surface area contributed by atoms with Crippen LogP contribution in [0.1, 0.15) is 0 Å². The summed E-state index contributed by atoms with van der Waals surface area (Å²) in [7, 11) is 0. The van der Waals surface area contributed by atoms with Crippen LogP contribution in [0.3, 0.4) is 0 Å². The lowest BCUT2D eigenvalue weighted by molar-refractivity contribution is -0.384. The molecule has 3 aromatic rings. The van der Waals surface area contributed by atoms with Gasteiger partial charge in [0.15, 0.2) is 16.8 Å². The van der Waals surface area contributed by atoms with E-state index in [9.17, 15) is 23.3 Å². The molecule has 134 valence electrons. The van der Waals surface area contributed by atoms with Gasteiger partial charge in [-0.1, -0.05) is 11.8 Å². The highest BCUT2D eigenvalue weighted by Crippen LogP contribution is 2.37. The molecule has 0 aliphatic rings. The molecule has 11 heteroatoms. The number of hydrogen-bond donors (Lipinski definition) is 1. The molecule has 3 rings (SSSR count). The van der Waals surface area contributed by atoms with E-state index in [-0.39, 0.29) is 16.6 Å². The summed E-state index contributed by atoms with van der Waals surface area (Å²) in [6.45, 7) is 0. The number of nitrogens with two attached hydrogens (primary N) is 1. The third-order valence-electron chi connectivity index (χ3n) is 3.39. The van der Waals surface area contributed by atoms with Crippen molar-refractivity contribution in [1.29, 1.82) is 0 Å². The van der Waals surface area contributed by atoms with Crippen LogP contribution in [0.25, 0.3) is 10.9 Å². The highest BCUT2D eigenvalue weighted by atomic mass is 32.2. The standard InChI is InChI=1S/C15H9F3N4O3S/c1-26-15-20-12-8(14(19)21-15)9(16)10(17)13(11(12)18)25-7-4-2-6(3-5-7)22(23)24/h2-5H,1H3,(H2,19,20,21). The molecule has 0 spiro atoms. The minimum Gasteiger partial charge on any atom is -0.451 e. The van der Waals surface area contributed by atoms with E-state index in [1.165, 1.54) is 0 Å². The van der Waals surface area contributed by atoms with E-state index in [1.807, 2.05) is 0 Å². The van der Waals surface area contributed by atoms with Crippen LogP contribution in [0.2, 0.25) is 0 Å². The molecule has 1 heterocycles. The van der Waals surface area contributed by atoms with Gasteiger partial charge in [-0.2, -0.15) is 4.39 Å². The number of hydrogen-bond acceptors (Lipinski definition) is 7. The maximum Gasteiger partial charge on any atom is 0.269 e. The highest BCUT2D eigenvalue weighted by molar-refractivity contribution is 7.98. The normalized spacial score (nSPS) is 10.9. The summed E-state index contributed by atoms with van der Waals surface area (Å²) in [6.07, 6.45) is 1.60. The van der Waals surface area contributed by atoms with Crippen molar-refractivity contribution >= 4 is 34.2 Å². The maximum absolute atomic E-state index is 14.7. The summed E-state index contributed by atoms with van der Waals surface area (Å²) >= 11 is 1.04. The molecule has 0 fully saturated rings. The Kier molecular flexibility index (Phi) is 4.55. The van der Waals surface area contributed by atoms with Crippen molar-refractivity contribution in [3.8, 4) is 11.5 Å². The number of aromatic nitrogens is 2. The Morgan fingerprint density at radius 2 is 1.77 bits per heavy atom. The predicted octanol–water partition coefficient (Wildman–Crippen LogP) is 4.05. The minimum absolute atomic E-state index is 0.0706. The van der Waals surface area contributed by atoms with Gasteiger partial charge in [-0.15, -0.1) is 0 Å². The van der Waals surface area contributed by atoms with Gasteiger partial charge < -0.3 is 10.5 Å². The third kappa shape index (κ3) is 2.96. The van der Waals surface area contributed by atoms with E-state index >= 15 is 0 Å². The van der Waals surface area contributed by atoms with E-state index in [4.69, 9.17) is 10.5 Å². The lowest BCUT2D eigenvalue weighted by Gasteiger charge is -2.12. The Balaban J connectivity index is 2.15. The lowest BCUT2D eigenvalue weighted by atomic mass is 10.2. The predicted molar refractivity (Wildman–Crippen MR) is 88.8 cm³/mol. The minimum atomic E-state index is -1.61. The number of ether oxygens (including phenoxy) is 1. The molecule has 0 saturated heterocycles. The van der Waals surface area contributed by atoms with Crippen molar-refractivity contribution in [3.63, 3.8) is 0 Å². The molecule has 0 unspecified atom stereocenters. The van der Waals surface area contributed by atoms with E-state index in [0.29, 0.717) is 0 Å². The van der Waals surface area contributed by atoms with Gasteiger partial charge in [-0.05, 0) is 18.4 Å². The van der Waals surface area contributed by atoms with Crippen LogP contribution in [-0.2, 0) is 0 Å². The van der Waals surface area contributed by atoms with E-state index < -0.39 is 44.8 Å². The van der Waals surface area contributed by atoms with Gasteiger partial charge in [0.2, 0.25) is 11.6 Å². The SMILES string of the molecule is CSc1nc(N)c2c(F)c(F)c(Oc3ccc([N+](=O)[O-])cc3)c(F)c2n1. The molecule has 1 aromatic heterocycles. The van der Waals surface area contributed by atoms with Crippen LogP contribution in [0.15, 0.2) is 29.4 Å². The fraction of sp³-hybridized carbons (Fsp3) is 0.0667. The zero-order valence-corrected chi connectivity index (χ0v) is 13.8. The zero-order chi connectivity index (χ0) is 19.0. The molecular formula is C15H9F3N4O3S. The second-order valence-electron chi connectivity index (χ2n) is 4.94. The molecule has 0 radical (unpaired) electrons. The van der Waals surface area contributed by atoms with Crippen molar-refractivity contribution in [2.75, 3.05) is 12.0 Å². The van der Waals surface area contributed by atoms with Gasteiger partial charge in [0.05, 0.1) is 10.3 Å². The number of non-ortho nitro benzene ring substituents is 1.